The van der Waals surface area contributed by atoms with Crippen LogP contribution in [0.2, 0.25) is 0 Å². The Morgan fingerprint density at radius 1 is 1.14 bits per heavy atom. The van der Waals surface area contributed by atoms with Crippen LogP contribution in [-0.4, -0.2) is 41.3 Å². The van der Waals surface area contributed by atoms with E-state index in [9.17, 15) is 14.4 Å². The minimum Gasteiger partial charge on any atom is -0.481 e. The summed E-state index contributed by atoms with van der Waals surface area (Å²) in [6.45, 7) is 4.28. The van der Waals surface area contributed by atoms with Crippen molar-refractivity contribution in [3.05, 3.63) is 35.4 Å². The Morgan fingerprint density at radius 3 is 2.32 bits per heavy atom. The number of nitrogens with one attached hydrogen (secondary N) is 3. The molecule has 0 aliphatic carbocycles. The van der Waals surface area contributed by atoms with Crippen molar-refractivity contribution in [1.82, 2.24) is 10.6 Å². The molecular weight excluding hydrogens is 360 g/mol. The molecule has 0 aliphatic heterocycles. The van der Waals surface area contributed by atoms with Gasteiger partial charge in [0, 0.05) is 18.5 Å². The average molecular weight is 390 g/mol. The number of benzene rings is 1. The zero-order valence-corrected chi connectivity index (χ0v) is 16.5. The van der Waals surface area contributed by atoms with Crippen LogP contribution in [-0.2, 0) is 20.8 Å². The number of unbranched alkanes of at least 4 members (excludes halogenated alkanes) is 1. The van der Waals surface area contributed by atoms with Gasteiger partial charge in [-0.1, -0.05) is 38.1 Å². The first-order valence-electron chi connectivity index (χ1n) is 9.41. The monoisotopic (exact) mass is 390 g/mol. The maximum Gasteiger partial charge on any atom is 0.305 e. The molecule has 2 amide bonds. The van der Waals surface area contributed by atoms with Gasteiger partial charge < -0.3 is 21.5 Å². The van der Waals surface area contributed by atoms with Crippen molar-refractivity contribution in [2.45, 2.75) is 52.0 Å². The van der Waals surface area contributed by atoms with Crippen LogP contribution in [0, 0.1) is 11.3 Å². The molecule has 0 unspecified atom stereocenters. The molecule has 0 fully saturated rings. The van der Waals surface area contributed by atoms with Gasteiger partial charge >= 0.3 is 5.97 Å². The Kier molecular flexibility index (Phi) is 9.70. The Bertz CT molecular complexity index is 686. The zero-order valence-electron chi connectivity index (χ0n) is 16.5. The van der Waals surface area contributed by atoms with Crippen LogP contribution < -0.4 is 16.4 Å². The summed E-state index contributed by atoms with van der Waals surface area (Å²) in [5.41, 5.74) is 7.17. The van der Waals surface area contributed by atoms with Gasteiger partial charge in [0.2, 0.25) is 11.8 Å². The molecule has 8 heteroatoms. The fraction of sp³-hybridized carbons (Fsp3) is 0.500. The second-order valence-electron chi connectivity index (χ2n) is 7.17. The van der Waals surface area contributed by atoms with Gasteiger partial charge in [-0.05, 0) is 30.7 Å². The highest BCUT2D eigenvalue weighted by atomic mass is 16.4. The number of rotatable bonds is 12. The number of aryl methyl sites for hydroxylation is 1. The summed E-state index contributed by atoms with van der Waals surface area (Å²) in [5, 5.41) is 21.5. The third kappa shape index (κ3) is 9.16. The number of nitrogen functional groups attached to an aromatic ring is 1. The van der Waals surface area contributed by atoms with E-state index in [1.54, 1.807) is 12.1 Å². The molecule has 0 heterocycles. The quantitative estimate of drug-likeness (QED) is 0.208. The van der Waals surface area contributed by atoms with Gasteiger partial charge in [0.15, 0.2) is 0 Å². The minimum absolute atomic E-state index is 0.0246. The molecule has 8 nitrogen and oxygen atoms in total. The number of aliphatic carboxylic acids is 1. The fourth-order valence-corrected chi connectivity index (χ4v) is 2.54. The lowest BCUT2D eigenvalue weighted by atomic mass is 10.0. The molecule has 1 aromatic rings. The number of carboxylic acids is 1. The summed E-state index contributed by atoms with van der Waals surface area (Å²) < 4.78 is 0. The largest absolute Gasteiger partial charge is 0.481 e. The highest BCUT2D eigenvalue weighted by Gasteiger charge is 2.23. The molecule has 0 bridgehead atoms. The van der Waals surface area contributed by atoms with Gasteiger partial charge in [0.05, 0.1) is 6.42 Å². The van der Waals surface area contributed by atoms with Crippen molar-refractivity contribution >= 4 is 23.6 Å². The molecule has 1 aromatic carbocycles. The molecule has 1 atom stereocenters. The van der Waals surface area contributed by atoms with Gasteiger partial charge in [-0.3, -0.25) is 19.8 Å². The molecular formula is C20H30N4O4. The van der Waals surface area contributed by atoms with Gasteiger partial charge in [-0.2, -0.15) is 0 Å². The lowest BCUT2D eigenvalue weighted by Gasteiger charge is -2.17. The van der Waals surface area contributed by atoms with Crippen LogP contribution in [0.4, 0.5) is 0 Å². The number of carboxylic acid groups (broad SMARTS) is 1. The predicted octanol–water partition coefficient (Wildman–Crippen LogP) is 1.42. The van der Waals surface area contributed by atoms with Crippen LogP contribution in [0.5, 0.6) is 0 Å². The van der Waals surface area contributed by atoms with Crippen molar-refractivity contribution in [3.8, 4) is 0 Å². The first-order chi connectivity index (χ1) is 13.2. The third-order valence-electron chi connectivity index (χ3n) is 4.10. The molecule has 154 valence electrons. The highest BCUT2D eigenvalue weighted by Crippen LogP contribution is 2.09. The number of hydrogen-bond acceptors (Lipinski definition) is 4. The van der Waals surface area contributed by atoms with Gasteiger partial charge in [-0.25, -0.2) is 0 Å². The van der Waals surface area contributed by atoms with Gasteiger partial charge in [0.25, 0.3) is 0 Å². The summed E-state index contributed by atoms with van der Waals surface area (Å²) in [7, 11) is 0. The smallest absolute Gasteiger partial charge is 0.305 e. The third-order valence-corrected chi connectivity index (χ3v) is 4.10. The van der Waals surface area contributed by atoms with Crippen molar-refractivity contribution < 1.29 is 19.5 Å². The van der Waals surface area contributed by atoms with E-state index in [0.717, 1.165) is 18.4 Å². The Balaban J connectivity index is 2.41. The lowest BCUT2D eigenvalue weighted by Crippen LogP contribution is -2.48. The minimum atomic E-state index is -1.14. The topological polar surface area (TPSA) is 145 Å². The van der Waals surface area contributed by atoms with E-state index >= 15 is 0 Å². The number of hydrogen-bond donors (Lipinski definition) is 5. The van der Waals surface area contributed by atoms with Crippen LogP contribution in [0.1, 0.15) is 50.7 Å². The molecule has 0 saturated carbocycles. The molecule has 0 aliphatic rings. The lowest BCUT2D eigenvalue weighted by molar-refractivity contribution is -0.140. The van der Waals surface area contributed by atoms with Crippen LogP contribution >= 0.6 is 0 Å². The van der Waals surface area contributed by atoms with Crippen molar-refractivity contribution in [2.24, 2.45) is 11.7 Å². The maximum absolute atomic E-state index is 12.1. The number of nitrogens with two attached hydrogens (primary N) is 1. The summed E-state index contributed by atoms with van der Waals surface area (Å²) in [6, 6.07) is 6.31. The van der Waals surface area contributed by atoms with E-state index in [1.165, 1.54) is 0 Å². The Hall–Kier alpha value is -2.90. The van der Waals surface area contributed by atoms with Gasteiger partial charge in [0.1, 0.15) is 11.9 Å². The SMILES string of the molecule is CC(C)CNC(=O)[C@H](CC(=O)O)NC(=O)CCCCc1ccc(C(=N)N)cc1. The van der Waals surface area contributed by atoms with E-state index in [1.807, 2.05) is 26.0 Å². The van der Waals surface area contributed by atoms with E-state index in [2.05, 4.69) is 10.6 Å². The molecule has 0 aromatic heterocycles. The number of carbonyl (C=O) groups is 3. The van der Waals surface area contributed by atoms with E-state index in [0.29, 0.717) is 18.5 Å². The maximum atomic E-state index is 12.1. The second-order valence-corrected chi connectivity index (χ2v) is 7.17. The molecule has 0 spiro atoms. The first-order valence-corrected chi connectivity index (χ1v) is 9.41. The van der Waals surface area contributed by atoms with E-state index in [4.69, 9.17) is 16.2 Å². The molecule has 6 N–H and O–H groups in total. The standard InChI is InChI=1S/C20H30N4O4/c1-13(2)12-23-20(28)16(11-18(26)27)24-17(25)6-4-3-5-14-7-9-15(10-8-14)19(21)22/h7-10,13,16H,3-6,11-12H2,1-2H3,(H3,21,22)(H,23,28)(H,24,25)(H,26,27)/t16-/m0/s1. The summed E-state index contributed by atoms with van der Waals surface area (Å²) >= 11 is 0. The summed E-state index contributed by atoms with van der Waals surface area (Å²) in [5.74, 6) is -1.70. The Labute approximate surface area is 165 Å². The van der Waals surface area contributed by atoms with Crippen molar-refractivity contribution in [3.63, 3.8) is 0 Å². The number of amides is 2. The van der Waals surface area contributed by atoms with E-state index < -0.39 is 24.3 Å². The molecule has 28 heavy (non-hydrogen) atoms. The molecule has 1 rings (SSSR count). The van der Waals surface area contributed by atoms with Crippen molar-refractivity contribution in [2.75, 3.05) is 6.54 Å². The second kappa shape index (κ2) is 11.7. The van der Waals surface area contributed by atoms with Crippen molar-refractivity contribution in [1.29, 1.82) is 5.41 Å². The van der Waals surface area contributed by atoms with E-state index in [-0.39, 0.29) is 24.1 Å². The molecule has 0 saturated heterocycles. The van der Waals surface area contributed by atoms with Crippen LogP contribution in [0.25, 0.3) is 0 Å². The highest BCUT2D eigenvalue weighted by molar-refractivity contribution is 5.94. The predicted molar refractivity (Wildman–Crippen MR) is 107 cm³/mol. The number of amidine groups is 1. The van der Waals surface area contributed by atoms with Crippen LogP contribution in [0.3, 0.4) is 0 Å². The average Bonchev–Trinajstić information content (AvgIpc) is 2.62. The zero-order chi connectivity index (χ0) is 21.1. The Morgan fingerprint density at radius 2 is 1.79 bits per heavy atom. The number of carbonyl (C=O) groups excluding carboxylic acids is 2. The summed E-state index contributed by atoms with van der Waals surface area (Å²) in [6.07, 6.45) is 1.94. The molecule has 0 radical (unpaired) electrons. The fourth-order valence-electron chi connectivity index (χ4n) is 2.54. The van der Waals surface area contributed by atoms with Gasteiger partial charge in [-0.15, -0.1) is 0 Å². The summed E-state index contributed by atoms with van der Waals surface area (Å²) in [4.78, 5) is 35.1. The first kappa shape index (κ1) is 23.1. The normalized spacial score (nSPS) is 11.7. The van der Waals surface area contributed by atoms with Crippen LogP contribution in [0.15, 0.2) is 24.3 Å².